The van der Waals surface area contributed by atoms with Crippen molar-refractivity contribution in [2.45, 2.75) is 13.0 Å². The van der Waals surface area contributed by atoms with Crippen molar-refractivity contribution in [3.63, 3.8) is 0 Å². The Hall–Kier alpha value is -2.09. The molecule has 8 heteroatoms. The topological polar surface area (TPSA) is 112 Å². The first-order valence-corrected chi connectivity index (χ1v) is 5.92. The van der Waals surface area contributed by atoms with Crippen LogP contribution in [0.2, 0.25) is 0 Å². The average molecular weight is 331 g/mol. The van der Waals surface area contributed by atoms with Crippen molar-refractivity contribution in [1.82, 2.24) is 5.32 Å². The fourth-order valence-electron chi connectivity index (χ4n) is 1.06. The Morgan fingerprint density at radius 1 is 1.47 bits per heavy atom. The molecule has 102 valence electrons. The lowest BCUT2D eigenvalue weighted by Gasteiger charge is -2.09. The maximum atomic E-state index is 11.4. The number of amides is 3. The summed E-state index contributed by atoms with van der Waals surface area (Å²) in [6.45, 7) is 1.31. The zero-order valence-corrected chi connectivity index (χ0v) is 11.5. The predicted molar refractivity (Wildman–Crippen MR) is 68.7 cm³/mol. The minimum Gasteiger partial charge on any atom is -0.450 e. The monoisotopic (exact) mass is 330 g/mol. The molecule has 0 spiro atoms. The molecule has 0 aliphatic rings. The van der Waals surface area contributed by atoms with Crippen LogP contribution in [0.5, 0.6) is 0 Å². The number of hydrogen-bond acceptors (Lipinski definition) is 5. The number of nitrogens with two attached hydrogens (primary N) is 1. The minimum atomic E-state index is -1.13. The number of urea groups is 1. The van der Waals surface area contributed by atoms with E-state index in [2.05, 4.69) is 15.9 Å². The summed E-state index contributed by atoms with van der Waals surface area (Å²) in [5, 5.41) is 1.80. The molecule has 1 aromatic heterocycles. The van der Waals surface area contributed by atoms with Gasteiger partial charge in [0.2, 0.25) is 0 Å². The normalized spacial score (nSPS) is 12.1. The highest BCUT2D eigenvalue weighted by Gasteiger charge is 2.17. The van der Waals surface area contributed by atoms with Gasteiger partial charge < -0.3 is 14.9 Å². The van der Waals surface area contributed by atoms with Crippen molar-refractivity contribution in [2.75, 3.05) is 0 Å². The van der Waals surface area contributed by atoms with Gasteiger partial charge in [-0.15, -0.1) is 0 Å². The summed E-state index contributed by atoms with van der Waals surface area (Å²) in [6.07, 6.45) is 1.35. The lowest BCUT2D eigenvalue weighted by atomic mass is 10.3. The number of nitrogens with one attached hydrogen (secondary N) is 1. The second-order valence-corrected chi connectivity index (χ2v) is 4.19. The maximum absolute atomic E-state index is 11.4. The van der Waals surface area contributed by atoms with Gasteiger partial charge in [-0.2, -0.15) is 0 Å². The molecule has 19 heavy (non-hydrogen) atoms. The average Bonchev–Trinajstić information content (AvgIpc) is 2.71. The van der Waals surface area contributed by atoms with Crippen LogP contribution in [0, 0.1) is 0 Å². The van der Waals surface area contributed by atoms with E-state index in [1.54, 1.807) is 17.4 Å². The van der Waals surface area contributed by atoms with Crippen LogP contribution in [0.4, 0.5) is 4.79 Å². The van der Waals surface area contributed by atoms with Gasteiger partial charge in [0.25, 0.3) is 5.91 Å². The summed E-state index contributed by atoms with van der Waals surface area (Å²) >= 11 is 3.11. The predicted octanol–water partition coefficient (Wildman–Crippen LogP) is 1.18. The van der Waals surface area contributed by atoms with Crippen LogP contribution in [0.15, 0.2) is 27.3 Å². The van der Waals surface area contributed by atoms with Gasteiger partial charge in [0, 0.05) is 6.08 Å². The molecule has 3 N–H and O–H groups in total. The number of rotatable bonds is 4. The summed E-state index contributed by atoms with van der Waals surface area (Å²) in [7, 11) is 0. The number of esters is 1. The maximum Gasteiger partial charge on any atom is 0.331 e. The Bertz CT molecular complexity index is 523. The van der Waals surface area contributed by atoms with Crippen LogP contribution in [-0.2, 0) is 14.3 Å². The van der Waals surface area contributed by atoms with E-state index in [0.717, 1.165) is 6.08 Å². The van der Waals surface area contributed by atoms with E-state index in [-0.39, 0.29) is 0 Å². The summed E-state index contributed by atoms with van der Waals surface area (Å²) in [5.41, 5.74) is 4.76. The molecule has 1 unspecified atom stereocenters. The fourth-order valence-corrected chi connectivity index (χ4v) is 1.38. The molecule has 3 amide bonds. The van der Waals surface area contributed by atoms with E-state index in [1.807, 2.05) is 0 Å². The molecule has 0 aliphatic carbocycles. The third-order valence-corrected chi connectivity index (χ3v) is 2.31. The second-order valence-electron chi connectivity index (χ2n) is 3.41. The Kier molecular flexibility index (Phi) is 5.31. The number of halogens is 1. The molecular formula is C11H11BrN2O5. The first kappa shape index (κ1) is 15.0. The van der Waals surface area contributed by atoms with Crippen molar-refractivity contribution in [1.29, 1.82) is 0 Å². The van der Waals surface area contributed by atoms with E-state index < -0.39 is 24.0 Å². The summed E-state index contributed by atoms with van der Waals surface area (Å²) in [5.74, 6) is -1.10. The third-order valence-electron chi connectivity index (χ3n) is 1.89. The molecule has 0 saturated heterocycles. The zero-order valence-electron chi connectivity index (χ0n) is 9.88. The standard InChI is InChI=1S/C11H11BrN2O5/c1-6(10(16)14-11(13)17)18-9(15)5-3-7-2-4-8(12)19-7/h2-6H,1H3,(H3,13,14,16,17). The van der Waals surface area contributed by atoms with Crippen LogP contribution in [-0.4, -0.2) is 24.0 Å². The molecule has 0 saturated carbocycles. The van der Waals surface area contributed by atoms with Gasteiger partial charge in [-0.25, -0.2) is 9.59 Å². The molecule has 0 fully saturated rings. The molecule has 0 radical (unpaired) electrons. The summed E-state index contributed by atoms with van der Waals surface area (Å²) in [6, 6.07) is 2.29. The van der Waals surface area contributed by atoms with Crippen molar-refractivity contribution in [3.05, 3.63) is 28.6 Å². The van der Waals surface area contributed by atoms with E-state index >= 15 is 0 Å². The number of carbonyl (C=O) groups excluding carboxylic acids is 3. The number of furan rings is 1. The van der Waals surface area contributed by atoms with Crippen LogP contribution < -0.4 is 11.1 Å². The number of imide groups is 1. The highest BCUT2D eigenvalue weighted by atomic mass is 79.9. The van der Waals surface area contributed by atoms with Crippen LogP contribution in [0.3, 0.4) is 0 Å². The highest BCUT2D eigenvalue weighted by Crippen LogP contribution is 2.15. The summed E-state index contributed by atoms with van der Waals surface area (Å²) in [4.78, 5) is 33.0. The Labute approximate surface area is 116 Å². The number of ether oxygens (including phenoxy) is 1. The van der Waals surface area contributed by atoms with Crippen LogP contribution in [0.25, 0.3) is 6.08 Å². The van der Waals surface area contributed by atoms with Gasteiger partial charge in [-0.3, -0.25) is 10.1 Å². The molecule has 0 bridgehead atoms. The second kappa shape index (κ2) is 6.74. The zero-order chi connectivity index (χ0) is 14.4. The molecule has 1 heterocycles. The first-order chi connectivity index (χ1) is 8.88. The van der Waals surface area contributed by atoms with Crippen molar-refractivity contribution in [2.24, 2.45) is 5.73 Å². The quantitative estimate of drug-likeness (QED) is 0.636. The molecule has 1 atom stereocenters. The Balaban J connectivity index is 2.48. The van der Waals surface area contributed by atoms with Crippen LogP contribution in [0.1, 0.15) is 12.7 Å². The SMILES string of the molecule is CC(OC(=O)C=Cc1ccc(Br)o1)C(=O)NC(N)=O. The van der Waals surface area contributed by atoms with E-state index in [0.29, 0.717) is 10.4 Å². The Morgan fingerprint density at radius 3 is 2.68 bits per heavy atom. The first-order valence-electron chi connectivity index (χ1n) is 5.13. The van der Waals surface area contributed by atoms with Crippen molar-refractivity contribution in [3.8, 4) is 0 Å². The van der Waals surface area contributed by atoms with Gasteiger partial charge in [0.05, 0.1) is 0 Å². The lowest BCUT2D eigenvalue weighted by molar-refractivity contribution is -0.149. The van der Waals surface area contributed by atoms with Crippen LogP contribution >= 0.6 is 15.9 Å². The molecule has 1 aromatic rings. The van der Waals surface area contributed by atoms with Crippen molar-refractivity contribution < 1.29 is 23.5 Å². The molecule has 0 aromatic carbocycles. The molecule has 1 rings (SSSR count). The largest absolute Gasteiger partial charge is 0.450 e. The third kappa shape index (κ3) is 5.38. The molecule has 7 nitrogen and oxygen atoms in total. The minimum absolute atomic E-state index is 0.443. The van der Waals surface area contributed by atoms with Crippen molar-refractivity contribution >= 4 is 39.9 Å². The van der Waals surface area contributed by atoms with Gasteiger partial charge in [-0.1, -0.05) is 0 Å². The van der Waals surface area contributed by atoms with E-state index in [4.69, 9.17) is 14.9 Å². The molecule has 0 aliphatic heterocycles. The van der Waals surface area contributed by atoms with Gasteiger partial charge in [-0.05, 0) is 41.1 Å². The fraction of sp³-hybridized carbons (Fsp3) is 0.182. The van der Waals surface area contributed by atoms with Gasteiger partial charge in [0.15, 0.2) is 10.8 Å². The number of primary amides is 1. The number of carbonyl (C=O) groups is 3. The van der Waals surface area contributed by atoms with E-state index in [9.17, 15) is 14.4 Å². The Morgan fingerprint density at radius 2 is 2.16 bits per heavy atom. The van der Waals surface area contributed by atoms with Gasteiger partial charge >= 0.3 is 12.0 Å². The van der Waals surface area contributed by atoms with Gasteiger partial charge in [0.1, 0.15) is 5.76 Å². The number of hydrogen-bond donors (Lipinski definition) is 2. The smallest absolute Gasteiger partial charge is 0.331 e. The lowest BCUT2D eigenvalue weighted by Crippen LogP contribution is -2.42. The summed E-state index contributed by atoms with van der Waals surface area (Å²) < 4.78 is 10.4. The molecular weight excluding hydrogens is 320 g/mol. The van der Waals surface area contributed by atoms with E-state index in [1.165, 1.54) is 13.0 Å². The highest BCUT2D eigenvalue weighted by molar-refractivity contribution is 9.10.